The molecular formula is C13H17ClF2N2O2. The number of ether oxygens (including phenoxy) is 1. The maximum Gasteiger partial charge on any atom is 0.319 e. The highest BCUT2D eigenvalue weighted by atomic mass is 35.5. The summed E-state index contributed by atoms with van der Waals surface area (Å²) in [5, 5.41) is 4.97. The SMILES string of the molecule is CC[C@@H](COC)NC(=O)Nc1cccc(C(F)F)c1Cl. The standard InChI is InChI=1S/C13H17ClF2N2O2/c1-3-8(7-20-2)17-13(19)18-10-6-4-5-9(11(10)14)12(15)16/h4-6,8,12H,3,7H2,1-2H3,(H2,17,18,19)/t8-/m0/s1. The van der Waals surface area contributed by atoms with E-state index in [9.17, 15) is 13.6 Å². The summed E-state index contributed by atoms with van der Waals surface area (Å²) in [6.07, 6.45) is -2.00. The molecule has 4 nitrogen and oxygen atoms in total. The molecular weight excluding hydrogens is 290 g/mol. The van der Waals surface area contributed by atoms with E-state index < -0.39 is 12.5 Å². The van der Waals surface area contributed by atoms with Crippen LogP contribution >= 0.6 is 11.6 Å². The van der Waals surface area contributed by atoms with Gasteiger partial charge in [0.1, 0.15) is 0 Å². The molecule has 1 atom stereocenters. The lowest BCUT2D eigenvalue weighted by molar-refractivity contribution is 0.151. The van der Waals surface area contributed by atoms with E-state index in [0.29, 0.717) is 13.0 Å². The molecule has 2 amide bonds. The van der Waals surface area contributed by atoms with Crippen LogP contribution in [0.4, 0.5) is 19.3 Å². The van der Waals surface area contributed by atoms with E-state index in [1.54, 1.807) is 0 Å². The van der Waals surface area contributed by atoms with E-state index in [2.05, 4.69) is 10.6 Å². The molecule has 0 saturated carbocycles. The molecule has 0 heterocycles. The van der Waals surface area contributed by atoms with Crippen LogP contribution in [0, 0.1) is 0 Å². The fraction of sp³-hybridized carbons (Fsp3) is 0.462. The number of halogens is 3. The maximum absolute atomic E-state index is 12.7. The minimum atomic E-state index is -2.69. The Bertz CT molecular complexity index is 458. The average Bonchev–Trinajstić information content (AvgIpc) is 2.40. The Kier molecular flexibility index (Phi) is 6.67. The monoisotopic (exact) mass is 306 g/mol. The van der Waals surface area contributed by atoms with Gasteiger partial charge in [0.25, 0.3) is 6.43 Å². The van der Waals surface area contributed by atoms with Gasteiger partial charge >= 0.3 is 6.03 Å². The van der Waals surface area contributed by atoms with Crippen molar-refractivity contribution in [1.82, 2.24) is 5.32 Å². The Hall–Kier alpha value is -1.40. The van der Waals surface area contributed by atoms with Crippen molar-refractivity contribution >= 4 is 23.3 Å². The van der Waals surface area contributed by atoms with Crippen molar-refractivity contribution < 1.29 is 18.3 Å². The number of urea groups is 1. The van der Waals surface area contributed by atoms with Crippen molar-refractivity contribution in [3.63, 3.8) is 0 Å². The summed E-state index contributed by atoms with van der Waals surface area (Å²) in [6, 6.07) is 3.43. The van der Waals surface area contributed by atoms with Gasteiger partial charge in [0.2, 0.25) is 0 Å². The summed E-state index contributed by atoms with van der Waals surface area (Å²) in [6.45, 7) is 2.27. The molecule has 1 aromatic rings. The molecule has 112 valence electrons. The highest BCUT2D eigenvalue weighted by molar-refractivity contribution is 6.34. The number of carbonyl (C=O) groups excluding carboxylic acids is 1. The van der Waals surface area contributed by atoms with Crippen LogP contribution in [0.25, 0.3) is 0 Å². The molecule has 0 aliphatic rings. The van der Waals surface area contributed by atoms with Crippen molar-refractivity contribution in [2.75, 3.05) is 19.0 Å². The highest BCUT2D eigenvalue weighted by Crippen LogP contribution is 2.32. The molecule has 0 fully saturated rings. The minimum absolute atomic E-state index is 0.147. The molecule has 20 heavy (non-hydrogen) atoms. The van der Waals surface area contributed by atoms with Crippen LogP contribution in [-0.2, 0) is 4.74 Å². The molecule has 0 aromatic heterocycles. The van der Waals surface area contributed by atoms with Gasteiger partial charge < -0.3 is 15.4 Å². The molecule has 2 N–H and O–H groups in total. The highest BCUT2D eigenvalue weighted by Gasteiger charge is 2.16. The van der Waals surface area contributed by atoms with E-state index in [-0.39, 0.29) is 22.3 Å². The number of benzene rings is 1. The summed E-state index contributed by atoms with van der Waals surface area (Å²) in [5.74, 6) is 0. The lowest BCUT2D eigenvalue weighted by Crippen LogP contribution is -2.40. The third-order valence-electron chi connectivity index (χ3n) is 2.71. The van der Waals surface area contributed by atoms with Crippen molar-refractivity contribution in [3.8, 4) is 0 Å². The summed E-state index contributed by atoms with van der Waals surface area (Å²) in [5.41, 5.74) is -0.164. The number of hydrogen-bond donors (Lipinski definition) is 2. The predicted octanol–water partition coefficient (Wildman–Crippen LogP) is 3.82. The van der Waals surface area contributed by atoms with Crippen LogP contribution in [-0.4, -0.2) is 25.8 Å². The van der Waals surface area contributed by atoms with Crippen LogP contribution in [0.15, 0.2) is 18.2 Å². The first-order valence-corrected chi connectivity index (χ1v) is 6.50. The Morgan fingerprint density at radius 3 is 2.70 bits per heavy atom. The third kappa shape index (κ3) is 4.61. The first kappa shape index (κ1) is 16.7. The molecule has 0 saturated heterocycles. The zero-order valence-electron chi connectivity index (χ0n) is 11.3. The lowest BCUT2D eigenvalue weighted by atomic mass is 10.2. The molecule has 0 unspecified atom stereocenters. The summed E-state index contributed by atoms with van der Waals surface area (Å²) >= 11 is 5.83. The number of hydrogen-bond acceptors (Lipinski definition) is 2. The van der Waals surface area contributed by atoms with Crippen LogP contribution < -0.4 is 10.6 Å². The van der Waals surface area contributed by atoms with Gasteiger partial charge in [0.05, 0.1) is 23.4 Å². The number of methoxy groups -OCH3 is 1. The van der Waals surface area contributed by atoms with E-state index in [0.717, 1.165) is 0 Å². The fourth-order valence-electron chi connectivity index (χ4n) is 1.62. The topological polar surface area (TPSA) is 50.4 Å². The first-order valence-electron chi connectivity index (χ1n) is 6.12. The summed E-state index contributed by atoms with van der Waals surface area (Å²) in [4.78, 5) is 11.8. The van der Waals surface area contributed by atoms with Crippen LogP contribution in [0.1, 0.15) is 25.3 Å². The van der Waals surface area contributed by atoms with Gasteiger partial charge in [-0.1, -0.05) is 30.7 Å². The minimum Gasteiger partial charge on any atom is -0.383 e. The molecule has 1 rings (SSSR count). The largest absolute Gasteiger partial charge is 0.383 e. The van der Waals surface area contributed by atoms with Crippen LogP contribution in [0.2, 0.25) is 5.02 Å². The second-order valence-corrected chi connectivity index (χ2v) is 4.55. The van der Waals surface area contributed by atoms with Gasteiger partial charge in [-0.3, -0.25) is 0 Å². The van der Waals surface area contributed by atoms with Crippen molar-refractivity contribution in [2.45, 2.75) is 25.8 Å². The molecule has 0 bridgehead atoms. The molecule has 0 radical (unpaired) electrons. The Labute approximate surface area is 121 Å². The van der Waals surface area contributed by atoms with Gasteiger partial charge in [0.15, 0.2) is 0 Å². The number of nitrogens with one attached hydrogen (secondary N) is 2. The smallest absolute Gasteiger partial charge is 0.319 e. The van der Waals surface area contributed by atoms with Gasteiger partial charge in [-0.2, -0.15) is 0 Å². The third-order valence-corrected chi connectivity index (χ3v) is 3.13. The quantitative estimate of drug-likeness (QED) is 0.839. The molecule has 0 aliphatic carbocycles. The summed E-state index contributed by atoms with van der Waals surface area (Å²) in [7, 11) is 1.53. The molecule has 0 aliphatic heterocycles. The fourth-order valence-corrected chi connectivity index (χ4v) is 1.88. The second kappa shape index (κ2) is 8.01. The van der Waals surface area contributed by atoms with Crippen molar-refractivity contribution in [2.24, 2.45) is 0 Å². The van der Waals surface area contributed by atoms with Gasteiger partial charge in [-0.15, -0.1) is 0 Å². The zero-order chi connectivity index (χ0) is 15.1. The van der Waals surface area contributed by atoms with E-state index in [1.807, 2.05) is 6.92 Å². The molecule has 0 spiro atoms. The van der Waals surface area contributed by atoms with Crippen LogP contribution in [0.5, 0.6) is 0 Å². The van der Waals surface area contributed by atoms with E-state index in [1.165, 1.54) is 25.3 Å². The van der Waals surface area contributed by atoms with Crippen molar-refractivity contribution in [1.29, 1.82) is 0 Å². The zero-order valence-corrected chi connectivity index (χ0v) is 12.0. The van der Waals surface area contributed by atoms with Gasteiger partial charge in [0, 0.05) is 12.7 Å². The molecule has 1 aromatic carbocycles. The number of alkyl halides is 2. The average molecular weight is 307 g/mol. The van der Waals surface area contributed by atoms with Crippen LogP contribution in [0.3, 0.4) is 0 Å². The Morgan fingerprint density at radius 1 is 1.45 bits per heavy atom. The number of amides is 2. The second-order valence-electron chi connectivity index (χ2n) is 4.17. The first-order chi connectivity index (χ1) is 9.49. The lowest BCUT2D eigenvalue weighted by Gasteiger charge is -2.17. The van der Waals surface area contributed by atoms with Gasteiger partial charge in [-0.05, 0) is 12.5 Å². The Morgan fingerprint density at radius 2 is 2.15 bits per heavy atom. The van der Waals surface area contributed by atoms with Crippen molar-refractivity contribution in [3.05, 3.63) is 28.8 Å². The van der Waals surface area contributed by atoms with E-state index >= 15 is 0 Å². The number of rotatable bonds is 6. The summed E-state index contributed by atoms with van der Waals surface area (Å²) < 4.78 is 30.3. The molecule has 7 heteroatoms. The predicted molar refractivity (Wildman–Crippen MR) is 74.5 cm³/mol. The normalized spacial score (nSPS) is 12.3. The number of anilines is 1. The Balaban J connectivity index is 2.73. The number of carbonyl (C=O) groups is 1. The van der Waals surface area contributed by atoms with Gasteiger partial charge in [-0.25, -0.2) is 13.6 Å². The maximum atomic E-state index is 12.7. The van der Waals surface area contributed by atoms with E-state index in [4.69, 9.17) is 16.3 Å².